The van der Waals surface area contributed by atoms with E-state index >= 15 is 0 Å². The van der Waals surface area contributed by atoms with E-state index in [0.29, 0.717) is 0 Å². The lowest BCUT2D eigenvalue weighted by Crippen LogP contribution is -2.06. The van der Waals surface area contributed by atoms with Crippen LogP contribution < -0.4 is 0 Å². The van der Waals surface area contributed by atoms with Crippen molar-refractivity contribution >= 4 is 11.3 Å². The molecular weight excluding hydrogens is 254 g/mol. The second kappa shape index (κ2) is 5.43. The molecule has 3 heteroatoms. The molecule has 100 valence electrons. The Hall–Kier alpha value is -1.19. The molecule has 0 aromatic carbocycles. The summed E-state index contributed by atoms with van der Waals surface area (Å²) in [5.74, 6) is 0.114. The Labute approximate surface area is 118 Å². The van der Waals surface area contributed by atoms with E-state index in [1.165, 1.54) is 36.1 Å². The molecule has 19 heavy (non-hydrogen) atoms. The molecular formula is C16H19NOS. The lowest BCUT2D eigenvalue weighted by atomic mass is 9.94. The van der Waals surface area contributed by atoms with E-state index in [1.54, 1.807) is 23.7 Å². The van der Waals surface area contributed by atoms with Gasteiger partial charge in [0, 0.05) is 28.1 Å². The van der Waals surface area contributed by atoms with Gasteiger partial charge in [-0.05, 0) is 55.0 Å². The van der Waals surface area contributed by atoms with Gasteiger partial charge in [-0.1, -0.05) is 6.92 Å². The van der Waals surface area contributed by atoms with Crippen molar-refractivity contribution in [1.29, 1.82) is 0 Å². The summed E-state index contributed by atoms with van der Waals surface area (Å²) in [6, 6.07) is 6.20. The molecule has 1 aliphatic rings. The highest BCUT2D eigenvalue weighted by Gasteiger charge is 2.22. The van der Waals surface area contributed by atoms with Crippen LogP contribution in [0.5, 0.6) is 0 Å². The maximum absolute atomic E-state index is 10.6. The largest absolute Gasteiger partial charge is 0.387 e. The Kier molecular flexibility index (Phi) is 3.67. The molecule has 2 aromatic rings. The van der Waals surface area contributed by atoms with Gasteiger partial charge in [-0.25, -0.2) is 0 Å². The van der Waals surface area contributed by atoms with Crippen LogP contribution in [-0.2, 0) is 12.8 Å². The first-order valence-corrected chi connectivity index (χ1v) is 7.77. The molecule has 1 N–H and O–H groups in total. The highest BCUT2D eigenvalue weighted by atomic mass is 32.1. The Bertz CT molecular complexity index is 526. The number of rotatable bonds is 3. The summed E-state index contributed by atoms with van der Waals surface area (Å²) in [6.45, 7) is 2.08. The van der Waals surface area contributed by atoms with Crippen molar-refractivity contribution in [2.75, 3.05) is 0 Å². The van der Waals surface area contributed by atoms with Crippen LogP contribution in [0.15, 0.2) is 30.6 Å². The van der Waals surface area contributed by atoms with Gasteiger partial charge in [-0.2, -0.15) is 0 Å². The van der Waals surface area contributed by atoms with Crippen LogP contribution in [0.4, 0.5) is 0 Å². The number of thiophene rings is 1. The smallest absolute Gasteiger partial charge is 0.0947 e. The number of pyridine rings is 1. The summed E-state index contributed by atoms with van der Waals surface area (Å²) >= 11 is 1.80. The van der Waals surface area contributed by atoms with E-state index in [4.69, 9.17) is 0 Å². The van der Waals surface area contributed by atoms with Gasteiger partial charge in [0.2, 0.25) is 0 Å². The average molecular weight is 273 g/mol. The lowest BCUT2D eigenvalue weighted by molar-refractivity contribution is 0.155. The molecule has 0 bridgehead atoms. The first kappa shape index (κ1) is 12.8. The predicted octanol–water partition coefficient (Wildman–Crippen LogP) is 3.86. The van der Waals surface area contributed by atoms with Crippen LogP contribution in [0, 0.1) is 0 Å². The fourth-order valence-corrected chi connectivity index (χ4v) is 4.10. The first-order valence-electron chi connectivity index (χ1n) is 6.95. The van der Waals surface area contributed by atoms with Gasteiger partial charge >= 0.3 is 0 Å². The number of nitrogens with zero attached hydrogens (tertiary/aromatic N) is 1. The number of aryl methyl sites for hydroxylation is 2. The predicted molar refractivity (Wildman–Crippen MR) is 78.6 cm³/mol. The molecule has 3 rings (SSSR count). The van der Waals surface area contributed by atoms with Gasteiger partial charge in [0.25, 0.3) is 0 Å². The molecule has 0 radical (unpaired) electrons. The maximum atomic E-state index is 10.6. The van der Waals surface area contributed by atoms with Gasteiger partial charge < -0.3 is 5.11 Å². The standard InChI is InChI=1S/C16H19NOS/c1-11(12-6-8-17-9-7-12)16(18)15-10-13-4-2-3-5-14(13)19-15/h6-11,16,18H,2-5H2,1H3. The van der Waals surface area contributed by atoms with Crippen LogP contribution in [0.25, 0.3) is 0 Å². The highest BCUT2D eigenvalue weighted by molar-refractivity contribution is 7.12. The van der Waals surface area contributed by atoms with Crippen LogP contribution >= 0.6 is 11.3 Å². The average Bonchev–Trinajstić information content (AvgIpc) is 2.90. The number of fused-ring (bicyclic) bond motifs is 1. The molecule has 0 fully saturated rings. The second-order valence-corrected chi connectivity index (χ2v) is 6.49. The zero-order valence-corrected chi connectivity index (χ0v) is 12.0. The number of aliphatic hydroxyl groups excluding tert-OH is 1. The third-order valence-corrected chi connectivity index (χ3v) is 5.32. The summed E-state index contributed by atoms with van der Waals surface area (Å²) < 4.78 is 0. The van der Waals surface area contributed by atoms with Crippen LogP contribution in [0.3, 0.4) is 0 Å². The van der Waals surface area contributed by atoms with Gasteiger partial charge in [0.1, 0.15) is 0 Å². The Morgan fingerprint density at radius 1 is 1.21 bits per heavy atom. The summed E-state index contributed by atoms with van der Waals surface area (Å²) in [5, 5.41) is 10.6. The van der Waals surface area contributed by atoms with Gasteiger partial charge in [-0.3, -0.25) is 4.98 Å². The SMILES string of the molecule is CC(c1ccncc1)C(O)c1cc2c(s1)CCCC2. The third kappa shape index (κ3) is 2.58. The molecule has 2 nitrogen and oxygen atoms in total. The molecule has 2 atom stereocenters. The molecule has 0 amide bonds. The van der Waals surface area contributed by atoms with Gasteiger partial charge in [0.05, 0.1) is 6.10 Å². The van der Waals surface area contributed by atoms with Crippen molar-refractivity contribution in [2.45, 2.75) is 44.6 Å². The van der Waals surface area contributed by atoms with E-state index in [2.05, 4.69) is 18.0 Å². The van der Waals surface area contributed by atoms with Crippen LogP contribution in [0.1, 0.15) is 52.7 Å². The number of hydrogen-bond acceptors (Lipinski definition) is 3. The van der Waals surface area contributed by atoms with Gasteiger partial charge in [0.15, 0.2) is 0 Å². The Morgan fingerprint density at radius 3 is 2.68 bits per heavy atom. The van der Waals surface area contributed by atoms with Crippen LogP contribution in [-0.4, -0.2) is 10.1 Å². The van der Waals surface area contributed by atoms with Crippen molar-refractivity contribution in [1.82, 2.24) is 4.98 Å². The summed E-state index contributed by atoms with van der Waals surface area (Å²) in [4.78, 5) is 6.64. The fourth-order valence-electron chi connectivity index (χ4n) is 2.76. The fraction of sp³-hybridized carbons (Fsp3) is 0.438. The number of aromatic nitrogens is 1. The third-order valence-electron chi connectivity index (χ3n) is 4.01. The van der Waals surface area contributed by atoms with Crippen molar-refractivity contribution < 1.29 is 5.11 Å². The minimum absolute atomic E-state index is 0.114. The summed E-state index contributed by atoms with van der Waals surface area (Å²) in [7, 11) is 0. The second-order valence-electron chi connectivity index (χ2n) is 5.32. The van der Waals surface area contributed by atoms with E-state index in [1.807, 2.05) is 12.1 Å². The maximum Gasteiger partial charge on any atom is 0.0947 e. The number of hydrogen-bond donors (Lipinski definition) is 1. The van der Waals surface area contributed by atoms with Gasteiger partial charge in [-0.15, -0.1) is 11.3 Å². The van der Waals surface area contributed by atoms with E-state index in [9.17, 15) is 5.11 Å². The number of aliphatic hydroxyl groups is 1. The Balaban J connectivity index is 1.83. The molecule has 2 heterocycles. The van der Waals surface area contributed by atoms with E-state index in [0.717, 1.165) is 10.4 Å². The summed E-state index contributed by atoms with van der Waals surface area (Å²) in [6.07, 6.45) is 8.13. The molecule has 0 saturated carbocycles. The summed E-state index contributed by atoms with van der Waals surface area (Å²) in [5.41, 5.74) is 2.61. The first-order chi connectivity index (χ1) is 9.25. The van der Waals surface area contributed by atoms with Crippen molar-refractivity contribution in [2.24, 2.45) is 0 Å². The lowest BCUT2D eigenvalue weighted by Gasteiger charge is -2.17. The normalized spacial score (nSPS) is 17.8. The van der Waals surface area contributed by atoms with E-state index in [-0.39, 0.29) is 5.92 Å². The molecule has 0 spiro atoms. The molecule has 1 aliphatic carbocycles. The van der Waals surface area contributed by atoms with Crippen LogP contribution in [0.2, 0.25) is 0 Å². The van der Waals surface area contributed by atoms with Crippen molar-refractivity contribution in [3.8, 4) is 0 Å². The molecule has 0 aliphatic heterocycles. The zero-order valence-electron chi connectivity index (χ0n) is 11.2. The minimum atomic E-state index is -0.405. The van der Waals surface area contributed by atoms with Crippen molar-refractivity contribution in [3.05, 3.63) is 51.5 Å². The quantitative estimate of drug-likeness (QED) is 0.921. The highest BCUT2D eigenvalue weighted by Crippen LogP contribution is 2.38. The molecule has 2 unspecified atom stereocenters. The van der Waals surface area contributed by atoms with E-state index < -0.39 is 6.10 Å². The molecule has 2 aromatic heterocycles. The topological polar surface area (TPSA) is 33.1 Å². The minimum Gasteiger partial charge on any atom is -0.387 e. The molecule has 0 saturated heterocycles. The van der Waals surface area contributed by atoms with Crippen molar-refractivity contribution in [3.63, 3.8) is 0 Å². The monoisotopic (exact) mass is 273 g/mol. The zero-order chi connectivity index (χ0) is 13.2. The Morgan fingerprint density at radius 2 is 1.95 bits per heavy atom.